The summed E-state index contributed by atoms with van der Waals surface area (Å²) in [7, 11) is 1.57. The van der Waals surface area contributed by atoms with Crippen LogP contribution in [-0.2, 0) is 11.2 Å². The fourth-order valence-electron chi connectivity index (χ4n) is 2.11. The summed E-state index contributed by atoms with van der Waals surface area (Å²) in [5.74, 6) is 0.141. The van der Waals surface area contributed by atoms with E-state index in [0.717, 1.165) is 12.0 Å². The average Bonchev–Trinajstić information content (AvgIpc) is 2.61. The number of hydrogen-bond acceptors (Lipinski definition) is 3. The Bertz CT molecular complexity index is 730. The van der Waals surface area contributed by atoms with Gasteiger partial charge in [0.25, 0.3) is 11.8 Å². The van der Waals surface area contributed by atoms with Crippen LogP contribution in [0.3, 0.4) is 0 Å². The largest absolute Gasteiger partial charge is 0.484 e. The van der Waals surface area contributed by atoms with Crippen LogP contribution in [0.4, 0.5) is 5.69 Å². The average molecular weight is 347 g/mol. The van der Waals surface area contributed by atoms with Gasteiger partial charge in [0.1, 0.15) is 5.75 Å². The van der Waals surface area contributed by atoms with Crippen LogP contribution >= 0.6 is 11.6 Å². The van der Waals surface area contributed by atoms with Crippen molar-refractivity contribution in [3.8, 4) is 5.75 Å². The van der Waals surface area contributed by atoms with Crippen LogP contribution in [0.15, 0.2) is 42.5 Å². The molecule has 126 valence electrons. The quantitative estimate of drug-likeness (QED) is 0.843. The van der Waals surface area contributed by atoms with Crippen molar-refractivity contribution < 1.29 is 14.3 Å². The lowest BCUT2D eigenvalue weighted by atomic mass is 10.1. The fourth-order valence-corrected chi connectivity index (χ4v) is 2.36. The number of halogens is 1. The Balaban J connectivity index is 1.90. The molecule has 6 heteroatoms. The third kappa shape index (κ3) is 4.73. The summed E-state index contributed by atoms with van der Waals surface area (Å²) in [6, 6.07) is 11.9. The zero-order valence-electron chi connectivity index (χ0n) is 13.6. The minimum Gasteiger partial charge on any atom is -0.484 e. The predicted octanol–water partition coefficient (Wildman–Crippen LogP) is 3.28. The standard InChI is InChI=1S/C18H19ClN2O3/c1-3-12-10-15(8-9-16(12)19)24-11-17(22)21-14-6-4-13(5-7-14)18(23)20-2/h4-10H,3,11H2,1-2H3,(H,20,23)(H,21,22). The van der Waals surface area contributed by atoms with Crippen molar-refractivity contribution in [2.24, 2.45) is 0 Å². The van der Waals surface area contributed by atoms with Crippen molar-refractivity contribution in [1.82, 2.24) is 5.32 Å². The van der Waals surface area contributed by atoms with Gasteiger partial charge in [0.15, 0.2) is 6.61 Å². The van der Waals surface area contributed by atoms with E-state index in [4.69, 9.17) is 16.3 Å². The molecule has 24 heavy (non-hydrogen) atoms. The number of carbonyl (C=O) groups excluding carboxylic acids is 2. The lowest BCUT2D eigenvalue weighted by molar-refractivity contribution is -0.118. The number of anilines is 1. The number of benzene rings is 2. The number of ether oxygens (including phenoxy) is 1. The highest BCUT2D eigenvalue weighted by Crippen LogP contribution is 2.22. The first-order valence-electron chi connectivity index (χ1n) is 7.56. The molecule has 5 nitrogen and oxygen atoms in total. The predicted molar refractivity (Wildman–Crippen MR) is 94.8 cm³/mol. The summed E-state index contributed by atoms with van der Waals surface area (Å²) < 4.78 is 5.48. The molecule has 2 aromatic carbocycles. The molecule has 0 radical (unpaired) electrons. The second kappa shape index (κ2) is 8.36. The normalized spacial score (nSPS) is 10.1. The number of rotatable bonds is 6. The lowest BCUT2D eigenvalue weighted by Gasteiger charge is -2.09. The van der Waals surface area contributed by atoms with E-state index in [0.29, 0.717) is 22.0 Å². The van der Waals surface area contributed by atoms with Gasteiger partial charge in [-0.1, -0.05) is 18.5 Å². The highest BCUT2D eigenvalue weighted by molar-refractivity contribution is 6.31. The molecule has 0 unspecified atom stereocenters. The molecule has 0 bridgehead atoms. The van der Waals surface area contributed by atoms with Crippen LogP contribution in [0, 0.1) is 0 Å². The Labute approximate surface area is 146 Å². The molecule has 0 aliphatic carbocycles. The Morgan fingerprint density at radius 3 is 2.46 bits per heavy atom. The van der Waals surface area contributed by atoms with Gasteiger partial charge in [-0.15, -0.1) is 0 Å². The zero-order chi connectivity index (χ0) is 17.5. The third-order valence-electron chi connectivity index (χ3n) is 3.43. The second-order valence-corrected chi connectivity index (χ2v) is 5.51. The van der Waals surface area contributed by atoms with Crippen LogP contribution in [0.5, 0.6) is 5.75 Å². The molecule has 2 N–H and O–H groups in total. The van der Waals surface area contributed by atoms with Gasteiger partial charge in [0.2, 0.25) is 0 Å². The van der Waals surface area contributed by atoms with E-state index in [1.54, 1.807) is 43.4 Å². The summed E-state index contributed by atoms with van der Waals surface area (Å²) in [6.45, 7) is 1.89. The summed E-state index contributed by atoms with van der Waals surface area (Å²) >= 11 is 6.05. The summed E-state index contributed by atoms with van der Waals surface area (Å²) in [4.78, 5) is 23.4. The van der Waals surface area contributed by atoms with E-state index in [-0.39, 0.29) is 18.4 Å². The van der Waals surface area contributed by atoms with Gasteiger partial charge >= 0.3 is 0 Å². The maximum atomic E-state index is 11.9. The molecule has 0 saturated carbocycles. The summed E-state index contributed by atoms with van der Waals surface area (Å²) in [5, 5.41) is 5.94. The van der Waals surface area contributed by atoms with Gasteiger partial charge in [0.05, 0.1) is 0 Å². The van der Waals surface area contributed by atoms with E-state index in [9.17, 15) is 9.59 Å². The molecule has 2 aromatic rings. The van der Waals surface area contributed by atoms with Crippen LogP contribution in [-0.4, -0.2) is 25.5 Å². The van der Waals surface area contributed by atoms with Crippen molar-refractivity contribution >= 4 is 29.1 Å². The fraction of sp³-hybridized carbons (Fsp3) is 0.222. The van der Waals surface area contributed by atoms with Gasteiger partial charge in [-0.3, -0.25) is 9.59 Å². The Hall–Kier alpha value is -2.53. The van der Waals surface area contributed by atoms with E-state index >= 15 is 0 Å². The van der Waals surface area contributed by atoms with Crippen molar-refractivity contribution in [2.45, 2.75) is 13.3 Å². The molecule has 0 spiro atoms. The van der Waals surface area contributed by atoms with Crippen LogP contribution in [0.1, 0.15) is 22.8 Å². The van der Waals surface area contributed by atoms with Gasteiger partial charge in [0, 0.05) is 23.3 Å². The van der Waals surface area contributed by atoms with Crippen LogP contribution < -0.4 is 15.4 Å². The Kier molecular flexibility index (Phi) is 6.21. The molecule has 0 aromatic heterocycles. The van der Waals surface area contributed by atoms with Crippen LogP contribution in [0.25, 0.3) is 0 Å². The van der Waals surface area contributed by atoms with Gasteiger partial charge in [-0.05, 0) is 54.4 Å². The highest BCUT2D eigenvalue weighted by Gasteiger charge is 2.07. The smallest absolute Gasteiger partial charge is 0.262 e. The minimum atomic E-state index is -0.282. The molecular weight excluding hydrogens is 328 g/mol. The number of aryl methyl sites for hydroxylation is 1. The lowest BCUT2D eigenvalue weighted by Crippen LogP contribution is -2.20. The minimum absolute atomic E-state index is 0.109. The molecule has 0 aliphatic rings. The second-order valence-electron chi connectivity index (χ2n) is 5.10. The van der Waals surface area contributed by atoms with Crippen LogP contribution in [0.2, 0.25) is 5.02 Å². The van der Waals surface area contributed by atoms with E-state index < -0.39 is 0 Å². The first kappa shape index (κ1) is 17.8. The maximum absolute atomic E-state index is 11.9. The molecular formula is C18H19ClN2O3. The van der Waals surface area contributed by atoms with E-state index in [2.05, 4.69) is 10.6 Å². The third-order valence-corrected chi connectivity index (χ3v) is 3.79. The molecule has 2 rings (SSSR count). The van der Waals surface area contributed by atoms with Gasteiger partial charge in [-0.25, -0.2) is 0 Å². The highest BCUT2D eigenvalue weighted by atomic mass is 35.5. The molecule has 0 aliphatic heterocycles. The molecule has 0 saturated heterocycles. The van der Waals surface area contributed by atoms with E-state index in [1.165, 1.54) is 0 Å². The summed E-state index contributed by atoms with van der Waals surface area (Å²) in [6.07, 6.45) is 0.792. The number of amides is 2. The topological polar surface area (TPSA) is 67.4 Å². The zero-order valence-corrected chi connectivity index (χ0v) is 14.3. The van der Waals surface area contributed by atoms with Crippen molar-refractivity contribution in [2.75, 3.05) is 19.0 Å². The summed E-state index contributed by atoms with van der Waals surface area (Å²) in [5.41, 5.74) is 2.10. The molecule has 0 atom stereocenters. The molecule has 0 heterocycles. The number of hydrogen-bond donors (Lipinski definition) is 2. The first-order valence-corrected chi connectivity index (χ1v) is 7.94. The van der Waals surface area contributed by atoms with Crippen molar-refractivity contribution in [3.63, 3.8) is 0 Å². The van der Waals surface area contributed by atoms with E-state index in [1.807, 2.05) is 13.0 Å². The van der Waals surface area contributed by atoms with Gasteiger partial charge in [-0.2, -0.15) is 0 Å². The Morgan fingerprint density at radius 2 is 1.83 bits per heavy atom. The maximum Gasteiger partial charge on any atom is 0.262 e. The van der Waals surface area contributed by atoms with Crippen molar-refractivity contribution in [3.05, 3.63) is 58.6 Å². The number of nitrogens with one attached hydrogen (secondary N) is 2. The molecule has 0 fully saturated rings. The first-order chi connectivity index (χ1) is 11.5. The molecule has 2 amide bonds. The Morgan fingerprint density at radius 1 is 1.12 bits per heavy atom. The van der Waals surface area contributed by atoms with Crippen molar-refractivity contribution in [1.29, 1.82) is 0 Å². The SMILES string of the molecule is CCc1cc(OCC(=O)Nc2ccc(C(=O)NC)cc2)ccc1Cl. The number of carbonyl (C=O) groups is 2. The van der Waals surface area contributed by atoms with Gasteiger partial charge < -0.3 is 15.4 Å². The monoisotopic (exact) mass is 346 g/mol.